The minimum atomic E-state index is -0.681. The number of hydrogen-bond donors (Lipinski definition) is 1. The van der Waals surface area contributed by atoms with Crippen molar-refractivity contribution in [2.24, 2.45) is 0 Å². The van der Waals surface area contributed by atoms with E-state index < -0.39 is 5.38 Å². The van der Waals surface area contributed by atoms with Crippen molar-refractivity contribution in [3.05, 3.63) is 57.2 Å². The van der Waals surface area contributed by atoms with Gasteiger partial charge in [-0.1, -0.05) is 41.9 Å². The van der Waals surface area contributed by atoms with E-state index in [2.05, 4.69) is 5.32 Å². The smallest absolute Gasteiger partial charge is 0.243 e. The molecule has 1 amide bonds. The Morgan fingerprint density at radius 1 is 1.21 bits per heavy atom. The lowest BCUT2D eigenvalue weighted by Gasteiger charge is -2.15. The first-order valence-electron chi connectivity index (χ1n) is 5.82. The predicted molar refractivity (Wildman–Crippen MR) is 80.9 cm³/mol. The molecule has 1 N–H and O–H groups in total. The lowest BCUT2D eigenvalue weighted by atomic mass is 10.1. The first kappa shape index (κ1) is 14.4. The lowest BCUT2D eigenvalue weighted by Crippen LogP contribution is -2.29. The third kappa shape index (κ3) is 3.72. The standard InChI is InChI=1S/C14H13Cl2NOS/c1-9(11-7-8-12(15)19-11)17-14(18)13(16)10-5-3-2-4-6-10/h2-9,13H,1H3,(H,17,18). The first-order chi connectivity index (χ1) is 9.08. The molecule has 2 nitrogen and oxygen atoms in total. The van der Waals surface area contributed by atoms with Crippen LogP contribution in [0, 0.1) is 0 Å². The van der Waals surface area contributed by atoms with E-state index >= 15 is 0 Å². The zero-order chi connectivity index (χ0) is 13.8. The monoisotopic (exact) mass is 313 g/mol. The second-order valence-electron chi connectivity index (χ2n) is 4.15. The highest BCUT2D eigenvalue weighted by molar-refractivity contribution is 7.16. The van der Waals surface area contributed by atoms with Gasteiger partial charge in [0.25, 0.3) is 0 Å². The van der Waals surface area contributed by atoms with Crippen LogP contribution in [0.4, 0.5) is 0 Å². The van der Waals surface area contributed by atoms with Crippen molar-refractivity contribution in [3.63, 3.8) is 0 Å². The second kappa shape index (κ2) is 6.42. The SMILES string of the molecule is CC(NC(=O)C(Cl)c1ccccc1)c1ccc(Cl)s1. The van der Waals surface area contributed by atoms with Gasteiger partial charge in [0.15, 0.2) is 0 Å². The van der Waals surface area contributed by atoms with E-state index in [4.69, 9.17) is 23.2 Å². The predicted octanol–water partition coefficient (Wildman–Crippen LogP) is 4.56. The zero-order valence-electron chi connectivity index (χ0n) is 10.3. The molecule has 1 aromatic carbocycles. The maximum Gasteiger partial charge on any atom is 0.243 e. The molecule has 0 spiro atoms. The number of rotatable bonds is 4. The third-order valence-electron chi connectivity index (χ3n) is 2.70. The van der Waals surface area contributed by atoms with Gasteiger partial charge in [-0.05, 0) is 24.6 Å². The summed E-state index contributed by atoms with van der Waals surface area (Å²) >= 11 is 13.5. The first-order valence-corrected chi connectivity index (χ1v) is 7.45. The van der Waals surface area contributed by atoms with Gasteiger partial charge in [-0.2, -0.15) is 0 Å². The van der Waals surface area contributed by atoms with Gasteiger partial charge < -0.3 is 5.32 Å². The maximum absolute atomic E-state index is 12.1. The van der Waals surface area contributed by atoms with E-state index in [9.17, 15) is 4.79 Å². The molecule has 2 unspecified atom stereocenters. The summed E-state index contributed by atoms with van der Waals surface area (Å²) in [5.74, 6) is -0.204. The van der Waals surface area contributed by atoms with Gasteiger partial charge in [-0.25, -0.2) is 0 Å². The van der Waals surface area contributed by atoms with E-state index in [1.807, 2.05) is 49.4 Å². The molecule has 0 fully saturated rings. The average Bonchev–Trinajstić information content (AvgIpc) is 2.85. The van der Waals surface area contributed by atoms with Crippen LogP contribution < -0.4 is 5.32 Å². The van der Waals surface area contributed by atoms with Crippen molar-refractivity contribution in [1.82, 2.24) is 5.32 Å². The Labute approximate surface area is 126 Å². The second-order valence-corrected chi connectivity index (χ2v) is 6.33. The van der Waals surface area contributed by atoms with E-state index in [1.165, 1.54) is 11.3 Å². The highest BCUT2D eigenvalue weighted by Crippen LogP contribution is 2.28. The van der Waals surface area contributed by atoms with Crippen LogP contribution in [0.3, 0.4) is 0 Å². The summed E-state index contributed by atoms with van der Waals surface area (Å²) in [6.45, 7) is 1.91. The summed E-state index contributed by atoms with van der Waals surface area (Å²) < 4.78 is 0.710. The molecule has 2 aromatic rings. The van der Waals surface area contributed by atoms with E-state index in [0.29, 0.717) is 4.34 Å². The van der Waals surface area contributed by atoms with Gasteiger partial charge in [0, 0.05) is 4.88 Å². The molecule has 0 saturated heterocycles. The van der Waals surface area contributed by atoms with Crippen molar-refractivity contribution >= 4 is 40.4 Å². The van der Waals surface area contributed by atoms with E-state index in [-0.39, 0.29) is 11.9 Å². The molecule has 0 saturated carbocycles. The lowest BCUT2D eigenvalue weighted by molar-refractivity contribution is -0.121. The van der Waals surface area contributed by atoms with Crippen molar-refractivity contribution < 1.29 is 4.79 Å². The van der Waals surface area contributed by atoms with Crippen LogP contribution in [0.1, 0.15) is 28.8 Å². The number of amides is 1. The number of carbonyl (C=O) groups is 1. The van der Waals surface area contributed by atoms with Crippen LogP contribution in [-0.2, 0) is 4.79 Å². The molecule has 1 heterocycles. The highest BCUT2D eigenvalue weighted by atomic mass is 35.5. The molecule has 0 bridgehead atoms. The zero-order valence-corrected chi connectivity index (χ0v) is 12.6. The summed E-state index contributed by atoms with van der Waals surface area (Å²) in [7, 11) is 0. The molecule has 0 aliphatic heterocycles. The normalized spacial score (nSPS) is 13.8. The minimum Gasteiger partial charge on any atom is -0.347 e. The summed E-state index contributed by atoms with van der Waals surface area (Å²) in [4.78, 5) is 13.1. The summed E-state index contributed by atoms with van der Waals surface area (Å²) in [6, 6.07) is 12.9. The minimum absolute atomic E-state index is 0.102. The fourth-order valence-corrected chi connectivity index (χ4v) is 2.96. The van der Waals surface area contributed by atoms with Crippen molar-refractivity contribution in [2.45, 2.75) is 18.3 Å². The highest BCUT2D eigenvalue weighted by Gasteiger charge is 2.20. The quantitative estimate of drug-likeness (QED) is 0.824. The molecule has 19 heavy (non-hydrogen) atoms. The maximum atomic E-state index is 12.1. The van der Waals surface area contributed by atoms with Gasteiger partial charge in [0.05, 0.1) is 10.4 Å². The van der Waals surface area contributed by atoms with Crippen LogP contribution in [0.2, 0.25) is 4.34 Å². The van der Waals surface area contributed by atoms with Crippen LogP contribution in [0.5, 0.6) is 0 Å². The van der Waals surface area contributed by atoms with E-state index in [0.717, 1.165) is 10.4 Å². The molecular weight excluding hydrogens is 301 g/mol. The topological polar surface area (TPSA) is 29.1 Å². The summed E-state index contributed by atoms with van der Waals surface area (Å²) in [5, 5.41) is 2.21. The Hall–Kier alpha value is -1.03. The van der Waals surface area contributed by atoms with Crippen molar-refractivity contribution in [2.75, 3.05) is 0 Å². The average molecular weight is 314 g/mol. The molecule has 0 aliphatic carbocycles. The number of benzene rings is 1. The molecule has 5 heteroatoms. The van der Waals surface area contributed by atoms with Gasteiger partial charge in [0.1, 0.15) is 5.38 Å². The molecule has 100 valence electrons. The summed E-state index contributed by atoms with van der Waals surface area (Å²) in [5.41, 5.74) is 0.790. The Balaban J connectivity index is 2.01. The number of nitrogens with one attached hydrogen (secondary N) is 1. The van der Waals surface area contributed by atoms with Crippen LogP contribution in [0.25, 0.3) is 0 Å². The molecule has 0 radical (unpaired) electrons. The van der Waals surface area contributed by atoms with Gasteiger partial charge in [0.2, 0.25) is 5.91 Å². The van der Waals surface area contributed by atoms with Crippen LogP contribution in [0.15, 0.2) is 42.5 Å². The van der Waals surface area contributed by atoms with Crippen molar-refractivity contribution in [3.8, 4) is 0 Å². The number of alkyl halides is 1. The van der Waals surface area contributed by atoms with Crippen molar-refractivity contribution in [1.29, 1.82) is 0 Å². The fraction of sp³-hybridized carbons (Fsp3) is 0.214. The Bertz CT molecular complexity index is 556. The number of halogens is 2. The fourth-order valence-electron chi connectivity index (χ4n) is 1.69. The Morgan fingerprint density at radius 2 is 1.89 bits per heavy atom. The number of carbonyl (C=O) groups excluding carboxylic acids is 1. The number of hydrogen-bond acceptors (Lipinski definition) is 2. The number of thiophene rings is 1. The molecule has 2 atom stereocenters. The van der Waals surface area contributed by atoms with Gasteiger partial charge in [-0.15, -0.1) is 22.9 Å². The van der Waals surface area contributed by atoms with Crippen LogP contribution in [-0.4, -0.2) is 5.91 Å². The van der Waals surface area contributed by atoms with Gasteiger partial charge in [-0.3, -0.25) is 4.79 Å². The van der Waals surface area contributed by atoms with Crippen LogP contribution >= 0.6 is 34.5 Å². The molecule has 0 aliphatic rings. The summed E-state index contributed by atoms with van der Waals surface area (Å²) in [6.07, 6.45) is 0. The molecule has 2 rings (SSSR count). The third-order valence-corrected chi connectivity index (χ3v) is 4.57. The van der Waals surface area contributed by atoms with Gasteiger partial charge >= 0.3 is 0 Å². The largest absolute Gasteiger partial charge is 0.347 e. The van der Waals surface area contributed by atoms with E-state index in [1.54, 1.807) is 0 Å². The Kier molecular flexibility index (Phi) is 4.86. The Morgan fingerprint density at radius 3 is 2.47 bits per heavy atom. The molecule has 1 aromatic heterocycles. The molecular formula is C14H13Cl2NOS.